The minimum atomic E-state index is -3.57. The fourth-order valence-corrected chi connectivity index (χ4v) is 3.55. The summed E-state index contributed by atoms with van der Waals surface area (Å²) in [7, 11) is -3.57. The summed E-state index contributed by atoms with van der Waals surface area (Å²) >= 11 is 1.06. The third-order valence-corrected chi connectivity index (χ3v) is 5.08. The molecule has 2 heterocycles. The standard InChI is InChI=1S/C10H12N2O4S2/c1-7-2-9(16-12-7)4-11-18(14,15)10-3-8(5-13)6-17-10/h2-3,6,11,13H,4-5H2,1H3. The first-order valence-electron chi connectivity index (χ1n) is 5.11. The molecule has 2 aromatic heterocycles. The van der Waals surface area contributed by atoms with E-state index in [1.807, 2.05) is 0 Å². The van der Waals surface area contributed by atoms with Crippen molar-refractivity contribution >= 4 is 21.4 Å². The Hall–Kier alpha value is -1.22. The van der Waals surface area contributed by atoms with Crippen LogP contribution in [0.2, 0.25) is 0 Å². The number of aliphatic hydroxyl groups is 1. The largest absolute Gasteiger partial charge is 0.392 e. The Bertz CT molecular complexity index is 630. The van der Waals surface area contributed by atoms with E-state index >= 15 is 0 Å². The number of rotatable bonds is 5. The summed E-state index contributed by atoms with van der Waals surface area (Å²) in [5, 5.41) is 14.2. The van der Waals surface area contributed by atoms with E-state index in [9.17, 15) is 8.42 Å². The molecule has 0 saturated carbocycles. The van der Waals surface area contributed by atoms with Crippen LogP contribution >= 0.6 is 11.3 Å². The van der Waals surface area contributed by atoms with E-state index in [0.29, 0.717) is 17.0 Å². The van der Waals surface area contributed by atoms with Crippen LogP contribution in [0.1, 0.15) is 17.0 Å². The lowest BCUT2D eigenvalue weighted by Gasteiger charge is -2.01. The van der Waals surface area contributed by atoms with Gasteiger partial charge in [0, 0.05) is 6.07 Å². The van der Waals surface area contributed by atoms with E-state index in [1.54, 1.807) is 18.4 Å². The summed E-state index contributed by atoms with van der Waals surface area (Å²) in [5.74, 6) is 0.454. The number of hydrogen-bond donors (Lipinski definition) is 2. The lowest BCUT2D eigenvalue weighted by Crippen LogP contribution is -2.22. The van der Waals surface area contributed by atoms with Crippen molar-refractivity contribution in [2.75, 3.05) is 0 Å². The molecule has 0 aromatic carbocycles. The van der Waals surface area contributed by atoms with Gasteiger partial charge in [0.05, 0.1) is 18.8 Å². The van der Waals surface area contributed by atoms with Gasteiger partial charge in [-0.15, -0.1) is 11.3 Å². The Kier molecular flexibility index (Phi) is 3.81. The monoisotopic (exact) mass is 288 g/mol. The zero-order valence-electron chi connectivity index (χ0n) is 9.58. The Morgan fingerprint density at radius 3 is 2.83 bits per heavy atom. The Morgan fingerprint density at radius 1 is 1.50 bits per heavy atom. The molecule has 0 amide bonds. The molecular weight excluding hydrogens is 276 g/mol. The smallest absolute Gasteiger partial charge is 0.250 e. The number of aliphatic hydroxyl groups excluding tert-OH is 1. The Balaban J connectivity index is 2.07. The molecule has 2 rings (SSSR count). The van der Waals surface area contributed by atoms with Crippen molar-refractivity contribution in [3.63, 3.8) is 0 Å². The van der Waals surface area contributed by atoms with Gasteiger partial charge in [0.2, 0.25) is 10.0 Å². The highest BCUT2D eigenvalue weighted by Crippen LogP contribution is 2.20. The second-order valence-corrected chi connectivity index (χ2v) is 6.60. The Morgan fingerprint density at radius 2 is 2.28 bits per heavy atom. The van der Waals surface area contributed by atoms with Crippen molar-refractivity contribution in [2.45, 2.75) is 24.3 Å². The molecule has 0 radical (unpaired) electrons. The van der Waals surface area contributed by atoms with Crippen LogP contribution in [0.15, 0.2) is 26.2 Å². The van der Waals surface area contributed by atoms with Crippen LogP contribution in [0, 0.1) is 6.92 Å². The van der Waals surface area contributed by atoms with Gasteiger partial charge >= 0.3 is 0 Å². The molecule has 0 unspecified atom stereocenters. The summed E-state index contributed by atoms with van der Waals surface area (Å²) in [6, 6.07) is 3.11. The van der Waals surface area contributed by atoms with Gasteiger partial charge in [-0.05, 0) is 23.9 Å². The number of hydrogen-bond acceptors (Lipinski definition) is 6. The molecule has 0 fully saturated rings. The third kappa shape index (κ3) is 2.96. The van der Waals surface area contributed by atoms with Crippen molar-refractivity contribution in [1.29, 1.82) is 0 Å². The molecule has 0 atom stereocenters. The van der Waals surface area contributed by atoms with Gasteiger partial charge < -0.3 is 9.63 Å². The van der Waals surface area contributed by atoms with Crippen LogP contribution in [0.5, 0.6) is 0 Å². The minimum absolute atomic E-state index is 0.0511. The fourth-order valence-electron chi connectivity index (χ4n) is 1.31. The molecule has 18 heavy (non-hydrogen) atoms. The molecule has 0 spiro atoms. The van der Waals surface area contributed by atoms with Crippen LogP contribution < -0.4 is 4.72 Å². The summed E-state index contributed by atoms with van der Waals surface area (Å²) in [4.78, 5) is 0. The molecule has 2 aromatic rings. The van der Waals surface area contributed by atoms with Crippen LogP contribution in [-0.2, 0) is 23.2 Å². The predicted octanol–water partition coefficient (Wildman–Crippen LogP) is 1.02. The molecule has 6 nitrogen and oxygen atoms in total. The van der Waals surface area contributed by atoms with Crippen LogP contribution in [0.4, 0.5) is 0 Å². The van der Waals surface area contributed by atoms with Crippen molar-refractivity contribution in [1.82, 2.24) is 9.88 Å². The van der Waals surface area contributed by atoms with E-state index in [-0.39, 0.29) is 17.4 Å². The zero-order chi connectivity index (χ0) is 13.2. The lowest BCUT2D eigenvalue weighted by atomic mass is 10.4. The second-order valence-electron chi connectivity index (χ2n) is 3.69. The summed E-state index contributed by atoms with van der Waals surface area (Å²) in [5.41, 5.74) is 1.28. The first-order valence-corrected chi connectivity index (χ1v) is 7.47. The highest BCUT2D eigenvalue weighted by atomic mass is 32.2. The number of sulfonamides is 1. The third-order valence-electron chi connectivity index (χ3n) is 2.19. The first kappa shape index (κ1) is 13.2. The summed E-state index contributed by atoms with van der Waals surface area (Å²) in [6.45, 7) is 1.64. The SMILES string of the molecule is Cc1cc(CNS(=O)(=O)c2cc(CO)cs2)on1. The normalized spacial score (nSPS) is 11.9. The predicted molar refractivity (Wildman–Crippen MR) is 65.5 cm³/mol. The molecule has 8 heteroatoms. The maximum Gasteiger partial charge on any atom is 0.250 e. The lowest BCUT2D eigenvalue weighted by molar-refractivity contribution is 0.282. The molecule has 0 aliphatic heterocycles. The number of aromatic nitrogens is 1. The van der Waals surface area contributed by atoms with E-state index in [0.717, 1.165) is 11.3 Å². The van der Waals surface area contributed by atoms with Crippen molar-refractivity contribution < 1.29 is 18.0 Å². The van der Waals surface area contributed by atoms with Gasteiger partial charge in [0.15, 0.2) is 5.76 Å². The molecule has 0 aliphatic rings. The molecule has 0 saturated heterocycles. The molecular formula is C10H12N2O4S2. The van der Waals surface area contributed by atoms with Crippen LogP contribution in [-0.4, -0.2) is 18.7 Å². The number of aryl methyl sites for hydroxylation is 1. The maximum atomic E-state index is 11.9. The second kappa shape index (κ2) is 5.19. The van der Waals surface area contributed by atoms with Crippen LogP contribution in [0.3, 0.4) is 0 Å². The molecule has 98 valence electrons. The highest BCUT2D eigenvalue weighted by molar-refractivity contribution is 7.91. The number of thiophene rings is 1. The first-order chi connectivity index (χ1) is 8.51. The number of nitrogens with zero attached hydrogens (tertiary/aromatic N) is 1. The highest BCUT2D eigenvalue weighted by Gasteiger charge is 2.17. The average molecular weight is 288 g/mol. The summed E-state index contributed by atoms with van der Waals surface area (Å²) in [6.07, 6.45) is 0. The molecule has 0 aliphatic carbocycles. The van der Waals surface area contributed by atoms with Gasteiger partial charge in [-0.2, -0.15) is 0 Å². The van der Waals surface area contributed by atoms with Gasteiger partial charge in [-0.25, -0.2) is 13.1 Å². The van der Waals surface area contributed by atoms with Crippen molar-refractivity contribution in [3.8, 4) is 0 Å². The van der Waals surface area contributed by atoms with E-state index in [4.69, 9.17) is 9.63 Å². The summed E-state index contributed by atoms with van der Waals surface area (Å²) < 4.78 is 31.3. The fraction of sp³-hybridized carbons (Fsp3) is 0.300. The molecule has 2 N–H and O–H groups in total. The minimum Gasteiger partial charge on any atom is -0.392 e. The van der Waals surface area contributed by atoms with E-state index in [1.165, 1.54) is 6.07 Å². The van der Waals surface area contributed by atoms with Gasteiger partial charge in [-0.3, -0.25) is 0 Å². The molecule has 0 bridgehead atoms. The number of nitrogens with one attached hydrogen (secondary N) is 1. The van der Waals surface area contributed by atoms with Crippen molar-refractivity contribution in [2.24, 2.45) is 0 Å². The van der Waals surface area contributed by atoms with Gasteiger partial charge in [0.25, 0.3) is 0 Å². The maximum absolute atomic E-state index is 11.9. The topological polar surface area (TPSA) is 92.4 Å². The van der Waals surface area contributed by atoms with Crippen LogP contribution in [0.25, 0.3) is 0 Å². The average Bonchev–Trinajstić information content (AvgIpc) is 2.95. The van der Waals surface area contributed by atoms with E-state index < -0.39 is 10.0 Å². The Labute approximate surface area is 108 Å². The van der Waals surface area contributed by atoms with Gasteiger partial charge in [-0.1, -0.05) is 5.16 Å². The quantitative estimate of drug-likeness (QED) is 0.856. The zero-order valence-corrected chi connectivity index (χ0v) is 11.2. The van der Waals surface area contributed by atoms with Gasteiger partial charge in [0.1, 0.15) is 4.21 Å². The van der Waals surface area contributed by atoms with E-state index in [2.05, 4.69) is 9.88 Å². The van der Waals surface area contributed by atoms with Crippen molar-refractivity contribution in [3.05, 3.63) is 34.5 Å².